The number of benzene rings is 1. The number of aliphatic carboxylic acids is 1. The van der Waals surface area contributed by atoms with Gasteiger partial charge in [-0.2, -0.15) is 0 Å². The number of nitrogens with two attached hydrogens (primary N) is 1. The Bertz CT molecular complexity index is 391. The summed E-state index contributed by atoms with van der Waals surface area (Å²) in [6, 6.07) is 8.05. The predicted octanol–water partition coefficient (Wildman–Crippen LogP) is 0.280. The molecule has 1 aromatic carbocycles. The third kappa shape index (κ3) is 3.37. The van der Waals surface area contributed by atoms with Gasteiger partial charge < -0.3 is 15.9 Å². The molecule has 0 spiro atoms. The quantitative estimate of drug-likeness (QED) is 0.487. The van der Waals surface area contributed by atoms with Gasteiger partial charge in [-0.3, -0.25) is 9.59 Å². The van der Waals surface area contributed by atoms with Crippen molar-refractivity contribution in [1.82, 2.24) is 0 Å². The number of ketones is 1. The molecular formula is C12H15NO4. The summed E-state index contributed by atoms with van der Waals surface area (Å²) in [7, 11) is 0. The van der Waals surface area contributed by atoms with Crippen molar-refractivity contribution in [1.29, 1.82) is 0 Å². The van der Waals surface area contributed by atoms with Crippen molar-refractivity contribution >= 4 is 11.8 Å². The predicted molar refractivity (Wildman–Crippen MR) is 61.6 cm³/mol. The number of carboxylic acids is 1. The molecule has 4 N–H and O–H groups in total. The van der Waals surface area contributed by atoms with E-state index in [9.17, 15) is 14.7 Å². The molecule has 0 saturated heterocycles. The van der Waals surface area contributed by atoms with Crippen LogP contribution in [0.4, 0.5) is 0 Å². The summed E-state index contributed by atoms with van der Waals surface area (Å²) < 4.78 is 0. The fourth-order valence-electron chi connectivity index (χ4n) is 1.57. The lowest BCUT2D eigenvalue weighted by Crippen LogP contribution is -2.36. The van der Waals surface area contributed by atoms with E-state index in [1.54, 1.807) is 18.2 Å². The van der Waals surface area contributed by atoms with Crippen molar-refractivity contribution in [3.8, 4) is 0 Å². The van der Waals surface area contributed by atoms with Gasteiger partial charge in [-0.15, -0.1) is 0 Å². The Morgan fingerprint density at radius 2 is 1.82 bits per heavy atom. The van der Waals surface area contributed by atoms with Crippen LogP contribution in [0.15, 0.2) is 30.3 Å². The summed E-state index contributed by atoms with van der Waals surface area (Å²) in [6.07, 6.45) is -1.18. The molecule has 5 heteroatoms. The molecule has 0 fully saturated rings. The molecule has 1 aromatic rings. The monoisotopic (exact) mass is 237 g/mol. The maximum absolute atomic E-state index is 11.9. The smallest absolute Gasteiger partial charge is 0.317 e. The van der Waals surface area contributed by atoms with Gasteiger partial charge in [0.25, 0.3) is 0 Å². The summed E-state index contributed by atoms with van der Waals surface area (Å²) >= 11 is 0. The van der Waals surface area contributed by atoms with Crippen LogP contribution in [-0.2, 0) is 4.79 Å². The van der Waals surface area contributed by atoms with Crippen LogP contribution in [0.25, 0.3) is 0 Å². The molecule has 0 aliphatic heterocycles. The lowest BCUT2D eigenvalue weighted by atomic mass is 9.91. The Morgan fingerprint density at radius 3 is 2.29 bits per heavy atom. The zero-order chi connectivity index (χ0) is 12.8. The SMILES string of the molecule is NCCC(O)C(C(=O)O)C(=O)c1ccccc1. The maximum Gasteiger partial charge on any atom is 0.317 e. The van der Waals surface area contributed by atoms with Crippen LogP contribution in [0.5, 0.6) is 0 Å². The van der Waals surface area contributed by atoms with Gasteiger partial charge in [0.1, 0.15) is 5.92 Å². The molecule has 1 rings (SSSR count). The number of carbonyl (C=O) groups excluding carboxylic acids is 1. The highest BCUT2D eigenvalue weighted by atomic mass is 16.4. The Labute approximate surface area is 98.9 Å². The van der Waals surface area contributed by atoms with Gasteiger partial charge in [-0.25, -0.2) is 0 Å². The van der Waals surface area contributed by atoms with Crippen molar-refractivity contribution in [2.24, 2.45) is 11.7 Å². The number of hydrogen-bond acceptors (Lipinski definition) is 4. The number of rotatable bonds is 6. The van der Waals surface area contributed by atoms with Gasteiger partial charge in [0, 0.05) is 5.56 Å². The van der Waals surface area contributed by atoms with Gasteiger partial charge in [0.05, 0.1) is 6.10 Å². The fraction of sp³-hybridized carbons (Fsp3) is 0.333. The second-order valence-corrected chi connectivity index (χ2v) is 3.69. The minimum atomic E-state index is -1.46. The van der Waals surface area contributed by atoms with Crippen LogP contribution in [0, 0.1) is 5.92 Å². The van der Waals surface area contributed by atoms with Crippen molar-refractivity contribution in [2.75, 3.05) is 6.54 Å². The van der Waals surface area contributed by atoms with E-state index in [0.29, 0.717) is 0 Å². The van der Waals surface area contributed by atoms with Crippen molar-refractivity contribution in [2.45, 2.75) is 12.5 Å². The standard InChI is InChI=1S/C12H15NO4/c13-7-6-9(14)10(12(16)17)11(15)8-4-2-1-3-5-8/h1-5,9-10,14H,6-7,13H2,(H,16,17). The average molecular weight is 237 g/mol. The normalized spacial score (nSPS) is 14.0. The second kappa shape index (κ2) is 6.12. The van der Waals surface area contributed by atoms with E-state index in [2.05, 4.69) is 0 Å². The van der Waals surface area contributed by atoms with E-state index >= 15 is 0 Å². The molecule has 2 unspecified atom stereocenters. The summed E-state index contributed by atoms with van der Waals surface area (Å²) in [4.78, 5) is 22.9. The van der Waals surface area contributed by atoms with Gasteiger partial charge >= 0.3 is 5.97 Å². The Hall–Kier alpha value is -1.72. The zero-order valence-corrected chi connectivity index (χ0v) is 9.24. The number of aliphatic hydroxyl groups excluding tert-OH is 1. The molecule has 0 heterocycles. The molecule has 0 saturated carbocycles. The first-order valence-electron chi connectivity index (χ1n) is 5.28. The van der Waals surface area contributed by atoms with Gasteiger partial charge in [-0.1, -0.05) is 30.3 Å². The van der Waals surface area contributed by atoms with E-state index < -0.39 is 23.8 Å². The maximum atomic E-state index is 11.9. The Morgan fingerprint density at radius 1 is 1.24 bits per heavy atom. The van der Waals surface area contributed by atoms with E-state index in [0.717, 1.165) is 0 Å². The number of Topliss-reactive ketones (excluding diaryl/α,β-unsaturated/α-hetero) is 1. The summed E-state index contributed by atoms with van der Waals surface area (Å²) in [6.45, 7) is 0.132. The third-order valence-electron chi connectivity index (χ3n) is 2.45. The van der Waals surface area contributed by atoms with Crippen molar-refractivity contribution in [3.63, 3.8) is 0 Å². The Balaban J connectivity index is 2.92. The molecule has 0 bridgehead atoms. The van der Waals surface area contributed by atoms with E-state index in [-0.39, 0.29) is 18.5 Å². The summed E-state index contributed by atoms with van der Waals surface area (Å²) in [5, 5.41) is 18.6. The molecule has 5 nitrogen and oxygen atoms in total. The molecule has 0 aromatic heterocycles. The number of carboxylic acid groups (broad SMARTS) is 1. The molecule has 0 amide bonds. The first-order valence-corrected chi connectivity index (χ1v) is 5.28. The van der Waals surface area contributed by atoms with E-state index in [1.807, 2.05) is 0 Å². The molecule has 92 valence electrons. The fourth-order valence-corrected chi connectivity index (χ4v) is 1.57. The summed E-state index contributed by atoms with van der Waals surface area (Å²) in [5.74, 6) is -3.39. The summed E-state index contributed by atoms with van der Waals surface area (Å²) in [5.41, 5.74) is 5.52. The molecule has 2 atom stereocenters. The lowest BCUT2D eigenvalue weighted by molar-refractivity contribution is -0.143. The van der Waals surface area contributed by atoms with Crippen molar-refractivity contribution in [3.05, 3.63) is 35.9 Å². The minimum Gasteiger partial charge on any atom is -0.481 e. The highest BCUT2D eigenvalue weighted by Crippen LogP contribution is 2.15. The first kappa shape index (κ1) is 13.3. The van der Waals surface area contributed by atoms with Gasteiger partial charge in [-0.05, 0) is 13.0 Å². The van der Waals surface area contributed by atoms with Crippen LogP contribution >= 0.6 is 0 Å². The molecule has 0 aliphatic carbocycles. The minimum absolute atomic E-state index is 0.0789. The molecule has 0 radical (unpaired) electrons. The molecule has 0 aliphatic rings. The van der Waals surface area contributed by atoms with Crippen LogP contribution in [0.3, 0.4) is 0 Å². The molecular weight excluding hydrogens is 222 g/mol. The van der Waals surface area contributed by atoms with Gasteiger partial charge in [0.2, 0.25) is 0 Å². The van der Waals surface area contributed by atoms with E-state index in [4.69, 9.17) is 10.8 Å². The van der Waals surface area contributed by atoms with Crippen LogP contribution in [0.2, 0.25) is 0 Å². The second-order valence-electron chi connectivity index (χ2n) is 3.69. The average Bonchev–Trinajstić information content (AvgIpc) is 2.30. The first-order chi connectivity index (χ1) is 8.07. The van der Waals surface area contributed by atoms with Crippen LogP contribution < -0.4 is 5.73 Å². The number of carbonyl (C=O) groups is 2. The number of aliphatic hydroxyl groups is 1. The highest BCUT2D eigenvalue weighted by Gasteiger charge is 2.33. The van der Waals surface area contributed by atoms with Crippen LogP contribution in [0.1, 0.15) is 16.8 Å². The largest absolute Gasteiger partial charge is 0.481 e. The highest BCUT2D eigenvalue weighted by molar-refractivity contribution is 6.08. The third-order valence-corrected chi connectivity index (χ3v) is 2.45. The van der Waals surface area contributed by atoms with Gasteiger partial charge in [0.15, 0.2) is 5.78 Å². The van der Waals surface area contributed by atoms with E-state index in [1.165, 1.54) is 12.1 Å². The Kier molecular flexibility index (Phi) is 4.81. The topological polar surface area (TPSA) is 101 Å². The van der Waals surface area contributed by atoms with Crippen molar-refractivity contribution < 1.29 is 19.8 Å². The van der Waals surface area contributed by atoms with Crippen LogP contribution in [-0.4, -0.2) is 34.6 Å². The lowest BCUT2D eigenvalue weighted by Gasteiger charge is -2.17. The number of hydrogen-bond donors (Lipinski definition) is 3. The zero-order valence-electron chi connectivity index (χ0n) is 9.24. The molecule has 17 heavy (non-hydrogen) atoms.